The molecule has 4 heteroatoms. The Labute approximate surface area is 94.1 Å². The zero-order valence-electron chi connectivity index (χ0n) is 9.18. The third-order valence-electron chi connectivity index (χ3n) is 2.29. The van der Waals surface area contributed by atoms with Gasteiger partial charge in [0.1, 0.15) is 0 Å². The van der Waals surface area contributed by atoms with E-state index in [4.69, 9.17) is 0 Å². The molecule has 0 spiro atoms. The number of nitro groups is 1. The fraction of sp³-hybridized carbons (Fsp3) is 0.333. The third kappa shape index (κ3) is 2.81. The number of rotatable bonds is 3. The van der Waals surface area contributed by atoms with Gasteiger partial charge < -0.3 is 5.11 Å². The van der Waals surface area contributed by atoms with Crippen molar-refractivity contribution in [2.24, 2.45) is 5.92 Å². The van der Waals surface area contributed by atoms with Crippen LogP contribution in [0.15, 0.2) is 24.3 Å². The molecule has 0 amide bonds. The van der Waals surface area contributed by atoms with E-state index in [1.165, 1.54) is 12.1 Å². The van der Waals surface area contributed by atoms with Gasteiger partial charge in [-0.15, -0.1) is 5.92 Å². The minimum absolute atomic E-state index is 0.0187. The first-order valence-corrected chi connectivity index (χ1v) is 4.91. The Bertz CT molecular complexity index is 428. The Hall–Kier alpha value is -1.86. The smallest absolute Gasteiger partial charge is 0.269 e. The van der Waals surface area contributed by atoms with Crippen LogP contribution < -0.4 is 0 Å². The normalized spacial score (nSPS) is 13.4. The van der Waals surface area contributed by atoms with Crippen molar-refractivity contribution in [3.05, 3.63) is 39.9 Å². The minimum atomic E-state index is -0.715. The summed E-state index contributed by atoms with van der Waals surface area (Å²) < 4.78 is 0. The van der Waals surface area contributed by atoms with Crippen molar-refractivity contribution < 1.29 is 10.0 Å². The van der Waals surface area contributed by atoms with E-state index in [-0.39, 0.29) is 11.6 Å². The Balaban J connectivity index is 2.88. The highest BCUT2D eigenvalue weighted by Gasteiger charge is 2.15. The molecular weight excluding hydrogens is 206 g/mol. The zero-order valence-corrected chi connectivity index (χ0v) is 9.18. The highest BCUT2D eigenvalue weighted by molar-refractivity contribution is 5.34. The van der Waals surface area contributed by atoms with Gasteiger partial charge in [-0.3, -0.25) is 10.1 Å². The lowest BCUT2D eigenvalue weighted by molar-refractivity contribution is -0.384. The molecule has 1 N–H and O–H groups in total. The van der Waals surface area contributed by atoms with Gasteiger partial charge in [-0.1, -0.05) is 5.92 Å². The van der Waals surface area contributed by atoms with E-state index in [1.54, 1.807) is 19.1 Å². The lowest BCUT2D eigenvalue weighted by Crippen LogP contribution is -2.07. The average Bonchev–Trinajstić information content (AvgIpc) is 2.28. The van der Waals surface area contributed by atoms with Crippen LogP contribution in [0.25, 0.3) is 0 Å². The average molecular weight is 219 g/mol. The summed E-state index contributed by atoms with van der Waals surface area (Å²) in [5, 5.41) is 20.3. The molecular formula is C12H13NO3. The molecule has 2 atom stereocenters. The van der Waals surface area contributed by atoms with Gasteiger partial charge in [0.25, 0.3) is 5.69 Å². The van der Waals surface area contributed by atoms with Gasteiger partial charge in [-0.05, 0) is 31.5 Å². The Morgan fingerprint density at radius 2 is 1.94 bits per heavy atom. The van der Waals surface area contributed by atoms with Crippen LogP contribution in [0.5, 0.6) is 0 Å². The molecule has 4 nitrogen and oxygen atoms in total. The number of benzene rings is 1. The van der Waals surface area contributed by atoms with Crippen molar-refractivity contribution in [2.45, 2.75) is 20.0 Å². The molecule has 0 aliphatic rings. The Kier molecular flexibility index (Phi) is 4.03. The summed E-state index contributed by atoms with van der Waals surface area (Å²) in [5.74, 6) is 5.39. The second kappa shape index (κ2) is 5.29. The van der Waals surface area contributed by atoms with Crippen LogP contribution >= 0.6 is 0 Å². The van der Waals surface area contributed by atoms with Crippen LogP contribution in [-0.4, -0.2) is 10.0 Å². The molecule has 0 saturated carbocycles. The molecule has 0 bridgehead atoms. The lowest BCUT2D eigenvalue weighted by Gasteiger charge is -2.13. The van der Waals surface area contributed by atoms with Gasteiger partial charge in [0.15, 0.2) is 0 Å². The zero-order chi connectivity index (χ0) is 12.1. The first-order valence-electron chi connectivity index (χ1n) is 4.91. The topological polar surface area (TPSA) is 63.4 Å². The van der Waals surface area contributed by atoms with E-state index >= 15 is 0 Å². The standard InChI is InChI=1S/C12H13NO3/c1-3-4-9(2)12(14)10-5-7-11(8-6-10)13(15)16/h5-9,12,14H,1-2H3/t9-,12-/m0/s1. The fourth-order valence-corrected chi connectivity index (χ4v) is 1.39. The summed E-state index contributed by atoms with van der Waals surface area (Å²) in [4.78, 5) is 9.97. The summed E-state index contributed by atoms with van der Waals surface area (Å²) in [7, 11) is 0. The van der Waals surface area contributed by atoms with Gasteiger partial charge in [0.05, 0.1) is 11.0 Å². The summed E-state index contributed by atoms with van der Waals surface area (Å²) >= 11 is 0. The van der Waals surface area contributed by atoms with Crippen molar-refractivity contribution in [3.8, 4) is 11.8 Å². The first-order chi connectivity index (χ1) is 7.56. The van der Waals surface area contributed by atoms with Crippen LogP contribution in [0.1, 0.15) is 25.5 Å². The second-order valence-corrected chi connectivity index (χ2v) is 3.48. The van der Waals surface area contributed by atoms with E-state index in [1.807, 2.05) is 6.92 Å². The summed E-state index contributed by atoms with van der Waals surface area (Å²) in [6, 6.07) is 5.86. The van der Waals surface area contributed by atoms with Crippen molar-refractivity contribution in [3.63, 3.8) is 0 Å². The van der Waals surface area contributed by atoms with Crippen molar-refractivity contribution in [2.75, 3.05) is 0 Å². The van der Waals surface area contributed by atoms with Crippen LogP contribution in [-0.2, 0) is 0 Å². The summed E-state index contributed by atoms with van der Waals surface area (Å²) in [5.41, 5.74) is 0.658. The number of nitro benzene ring substituents is 1. The maximum absolute atomic E-state index is 10.4. The van der Waals surface area contributed by atoms with Gasteiger partial charge >= 0.3 is 0 Å². The number of nitrogens with zero attached hydrogens (tertiary/aromatic N) is 1. The maximum Gasteiger partial charge on any atom is 0.269 e. The van der Waals surface area contributed by atoms with Crippen molar-refractivity contribution >= 4 is 5.69 Å². The highest BCUT2D eigenvalue weighted by atomic mass is 16.6. The van der Waals surface area contributed by atoms with Gasteiger partial charge in [-0.2, -0.15) is 0 Å². The molecule has 0 unspecified atom stereocenters. The SMILES string of the molecule is CC#C[C@H](C)[C@H](O)c1ccc([N+](=O)[O-])cc1. The molecule has 0 fully saturated rings. The fourth-order valence-electron chi connectivity index (χ4n) is 1.39. The second-order valence-electron chi connectivity index (χ2n) is 3.48. The predicted molar refractivity (Wildman–Crippen MR) is 60.7 cm³/mol. The number of hydrogen-bond donors (Lipinski definition) is 1. The first kappa shape index (κ1) is 12.2. The highest BCUT2D eigenvalue weighted by Crippen LogP contribution is 2.23. The number of aliphatic hydroxyl groups is 1. The van der Waals surface area contributed by atoms with Gasteiger partial charge in [0, 0.05) is 18.1 Å². The van der Waals surface area contributed by atoms with Crippen molar-refractivity contribution in [1.82, 2.24) is 0 Å². The molecule has 0 heterocycles. The number of non-ortho nitro benzene ring substituents is 1. The monoisotopic (exact) mass is 219 g/mol. The van der Waals surface area contributed by atoms with E-state index in [0.717, 1.165) is 0 Å². The van der Waals surface area contributed by atoms with E-state index in [0.29, 0.717) is 5.56 Å². The predicted octanol–water partition coefficient (Wildman–Crippen LogP) is 2.29. The van der Waals surface area contributed by atoms with Gasteiger partial charge in [0.2, 0.25) is 0 Å². The summed E-state index contributed by atoms with van der Waals surface area (Å²) in [6.45, 7) is 3.52. The van der Waals surface area contributed by atoms with E-state index < -0.39 is 11.0 Å². The summed E-state index contributed by atoms with van der Waals surface area (Å²) in [6.07, 6.45) is -0.715. The van der Waals surface area contributed by atoms with Crippen LogP contribution in [0.3, 0.4) is 0 Å². The molecule has 84 valence electrons. The molecule has 16 heavy (non-hydrogen) atoms. The number of aliphatic hydroxyl groups excluding tert-OH is 1. The van der Waals surface area contributed by atoms with E-state index in [9.17, 15) is 15.2 Å². The third-order valence-corrected chi connectivity index (χ3v) is 2.29. The van der Waals surface area contributed by atoms with Crippen LogP contribution in [0, 0.1) is 27.9 Å². The molecule has 0 aromatic heterocycles. The largest absolute Gasteiger partial charge is 0.387 e. The Morgan fingerprint density at radius 3 is 2.38 bits per heavy atom. The van der Waals surface area contributed by atoms with Gasteiger partial charge in [-0.25, -0.2) is 0 Å². The maximum atomic E-state index is 10.4. The molecule has 1 rings (SSSR count). The quantitative estimate of drug-likeness (QED) is 0.482. The Morgan fingerprint density at radius 1 is 1.38 bits per heavy atom. The van der Waals surface area contributed by atoms with Crippen molar-refractivity contribution in [1.29, 1.82) is 0 Å². The molecule has 1 aromatic rings. The number of hydrogen-bond acceptors (Lipinski definition) is 3. The molecule has 0 radical (unpaired) electrons. The molecule has 0 aliphatic carbocycles. The molecule has 0 aliphatic heterocycles. The minimum Gasteiger partial charge on any atom is -0.387 e. The molecule has 0 saturated heterocycles. The van der Waals surface area contributed by atoms with E-state index in [2.05, 4.69) is 11.8 Å². The lowest BCUT2D eigenvalue weighted by atomic mass is 9.98. The molecule has 1 aromatic carbocycles. The van der Waals surface area contributed by atoms with Crippen LogP contribution in [0.4, 0.5) is 5.69 Å². The van der Waals surface area contributed by atoms with Crippen LogP contribution in [0.2, 0.25) is 0 Å².